The molecule has 0 bridgehead atoms. The van der Waals surface area contributed by atoms with Crippen LogP contribution in [0.4, 0.5) is 0 Å². The smallest absolute Gasteiger partial charge is 0.188 e. The highest BCUT2D eigenvalue weighted by Crippen LogP contribution is 2.25. The number of hydrogen-bond donors (Lipinski definition) is 2. The number of ether oxygens (including phenoxy) is 1. The van der Waals surface area contributed by atoms with E-state index in [0.29, 0.717) is 12.5 Å². The molecule has 0 aliphatic carbocycles. The van der Waals surface area contributed by atoms with Crippen LogP contribution in [0.5, 0.6) is 0 Å². The second-order valence-electron chi connectivity index (χ2n) is 7.09. The number of likely N-dealkylation sites (tertiary alicyclic amines) is 1. The summed E-state index contributed by atoms with van der Waals surface area (Å²) in [4.78, 5) is 9.49. The van der Waals surface area contributed by atoms with Crippen molar-refractivity contribution in [3.8, 4) is 0 Å². The van der Waals surface area contributed by atoms with Gasteiger partial charge in [-0.05, 0) is 51.0 Å². The van der Waals surface area contributed by atoms with Crippen molar-refractivity contribution in [2.24, 2.45) is 10.7 Å². The molecule has 2 aliphatic rings. The number of nitrogens with two attached hydrogens (primary N) is 1. The van der Waals surface area contributed by atoms with Gasteiger partial charge in [-0.3, -0.25) is 14.8 Å². The van der Waals surface area contributed by atoms with Gasteiger partial charge in [0.05, 0.1) is 32.1 Å². The number of hydrogen-bond acceptors (Lipinski definition) is 5. The molecule has 27 heavy (non-hydrogen) atoms. The molecule has 0 amide bonds. The molecule has 1 atom stereocenters. The summed E-state index contributed by atoms with van der Waals surface area (Å²) in [7, 11) is 0. The van der Waals surface area contributed by atoms with Gasteiger partial charge in [-0.25, -0.2) is 0 Å². The summed E-state index contributed by atoms with van der Waals surface area (Å²) in [6.07, 6.45) is 6.61. The average molecular weight is 491 g/mol. The minimum absolute atomic E-state index is 0. The highest BCUT2D eigenvalue weighted by Gasteiger charge is 2.24. The number of furan rings is 1. The third kappa shape index (κ3) is 7.59. The number of nitrogens with one attached hydrogen (secondary N) is 1. The third-order valence-electron chi connectivity index (χ3n) is 5.20. The molecule has 3 rings (SSSR count). The first-order valence-electron chi connectivity index (χ1n) is 9.94. The van der Waals surface area contributed by atoms with Gasteiger partial charge in [0.2, 0.25) is 0 Å². The maximum atomic E-state index is 6.08. The van der Waals surface area contributed by atoms with Gasteiger partial charge in [-0.15, -0.1) is 24.0 Å². The second kappa shape index (κ2) is 12.6. The molecule has 7 nitrogen and oxygen atoms in total. The molecule has 1 unspecified atom stereocenters. The van der Waals surface area contributed by atoms with E-state index in [2.05, 4.69) is 20.1 Å². The largest absolute Gasteiger partial charge is 0.468 e. The second-order valence-corrected chi connectivity index (χ2v) is 7.09. The van der Waals surface area contributed by atoms with Gasteiger partial charge in [0.1, 0.15) is 5.76 Å². The predicted octanol–water partition coefficient (Wildman–Crippen LogP) is 2.05. The Bertz CT molecular complexity index is 528. The highest BCUT2D eigenvalue weighted by molar-refractivity contribution is 14.0. The van der Waals surface area contributed by atoms with Crippen LogP contribution in [0.25, 0.3) is 0 Å². The lowest BCUT2D eigenvalue weighted by Crippen LogP contribution is -2.39. The molecule has 0 aromatic carbocycles. The SMILES string of the molecule is I.NC(=NCC(c1ccco1)N1CCCCC1)NCCCN1CCOCC1. The van der Waals surface area contributed by atoms with Crippen molar-refractivity contribution in [1.82, 2.24) is 15.1 Å². The van der Waals surface area contributed by atoms with E-state index in [-0.39, 0.29) is 30.0 Å². The Labute approximate surface area is 179 Å². The van der Waals surface area contributed by atoms with E-state index < -0.39 is 0 Å². The zero-order chi connectivity index (χ0) is 18.0. The van der Waals surface area contributed by atoms with Crippen molar-refractivity contribution >= 4 is 29.9 Å². The molecule has 2 aliphatic heterocycles. The minimum atomic E-state index is 0. The maximum Gasteiger partial charge on any atom is 0.188 e. The molecule has 0 saturated carbocycles. The number of aliphatic imine (C=N–C) groups is 1. The number of piperidine rings is 1. The van der Waals surface area contributed by atoms with Gasteiger partial charge in [0.15, 0.2) is 5.96 Å². The van der Waals surface area contributed by atoms with Crippen LogP contribution in [0, 0.1) is 0 Å². The van der Waals surface area contributed by atoms with Crippen molar-refractivity contribution in [1.29, 1.82) is 0 Å². The first-order chi connectivity index (χ1) is 12.8. The molecule has 0 spiro atoms. The highest BCUT2D eigenvalue weighted by atomic mass is 127. The van der Waals surface area contributed by atoms with Crippen LogP contribution in [-0.2, 0) is 4.74 Å². The van der Waals surface area contributed by atoms with E-state index in [1.165, 1.54) is 19.3 Å². The van der Waals surface area contributed by atoms with Gasteiger partial charge in [0.25, 0.3) is 0 Å². The molecular weight excluding hydrogens is 457 g/mol. The van der Waals surface area contributed by atoms with Crippen molar-refractivity contribution in [2.45, 2.75) is 31.7 Å². The molecule has 2 fully saturated rings. The van der Waals surface area contributed by atoms with Crippen LogP contribution >= 0.6 is 24.0 Å². The Balaban J connectivity index is 0.00000261. The van der Waals surface area contributed by atoms with Crippen LogP contribution in [0.1, 0.15) is 37.5 Å². The summed E-state index contributed by atoms with van der Waals surface area (Å²) in [6, 6.07) is 4.17. The van der Waals surface area contributed by atoms with Crippen LogP contribution in [0.3, 0.4) is 0 Å². The van der Waals surface area contributed by atoms with E-state index in [1.54, 1.807) is 6.26 Å². The quantitative estimate of drug-likeness (QED) is 0.251. The number of rotatable bonds is 8. The molecule has 1 aromatic rings. The Morgan fingerprint density at radius 2 is 1.96 bits per heavy atom. The topological polar surface area (TPSA) is 79.3 Å². The maximum absolute atomic E-state index is 6.08. The van der Waals surface area contributed by atoms with Crippen LogP contribution in [0.2, 0.25) is 0 Å². The molecule has 3 N–H and O–H groups in total. The summed E-state index contributed by atoms with van der Waals surface area (Å²) in [6.45, 7) is 8.53. The Hall–Kier alpha value is -0.840. The number of morpholine rings is 1. The number of halogens is 1. The molecule has 154 valence electrons. The first kappa shape index (κ1) is 22.4. The van der Waals surface area contributed by atoms with Crippen LogP contribution < -0.4 is 11.1 Å². The van der Waals surface area contributed by atoms with E-state index in [9.17, 15) is 0 Å². The number of nitrogens with zero attached hydrogens (tertiary/aromatic N) is 3. The lowest BCUT2D eigenvalue weighted by Gasteiger charge is -2.32. The fourth-order valence-electron chi connectivity index (χ4n) is 3.68. The van der Waals surface area contributed by atoms with Crippen molar-refractivity contribution < 1.29 is 9.15 Å². The van der Waals surface area contributed by atoms with Gasteiger partial charge < -0.3 is 20.2 Å². The Morgan fingerprint density at radius 1 is 1.19 bits per heavy atom. The number of guanidine groups is 1. The minimum Gasteiger partial charge on any atom is -0.468 e. The van der Waals surface area contributed by atoms with Crippen molar-refractivity contribution in [2.75, 3.05) is 59.0 Å². The summed E-state index contributed by atoms with van der Waals surface area (Å²) in [5.74, 6) is 1.51. The molecule has 0 radical (unpaired) electrons. The summed E-state index contributed by atoms with van der Waals surface area (Å²) in [5.41, 5.74) is 6.08. The predicted molar refractivity (Wildman–Crippen MR) is 119 cm³/mol. The molecule has 1 aromatic heterocycles. The first-order valence-corrected chi connectivity index (χ1v) is 9.94. The van der Waals surface area contributed by atoms with Gasteiger partial charge in [-0.1, -0.05) is 6.42 Å². The lowest BCUT2D eigenvalue weighted by molar-refractivity contribution is 0.0376. The summed E-state index contributed by atoms with van der Waals surface area (Å²) >= 11 is 0. The molecular formula is C19H34IN5O2. The fourth-order valence-corrected chi connectivity index (χ4v) is 3.68. The molecule has 2 saturated heterocycles. The zero-order valence-corrected chi connectivity index (χ0v) is 18.5. The molecule has 8 heteroatoms. The standard InChI is InChI=1S/C19H33N5O2.HI/c20-19(21-7-5-8-23-11-14-25-15-12-23)22-16-17(18-6-4-13-26-18)24-9-2-1-3-10-24;/h4,6,13,17H,1-3,5,7-12,14-16H2,(H3,20,21,22);1H. The fraction of sp³-hybridized carbons (Fsp3) is 0.737. The van der Waals surface area contributed by atoms with Crippen molar-refractivity contribution in [3.63, 3.8) is 0 Å². The zero-order valence-electron chi connectivity index (χ0n) is 16.1. The van der Waals surface area contributed by atoms with E-state index >= 15 is 0 Å². The van der Waals surface area contributed by atoms with Crippen molar-refractivity contribution in [3.05, 3.63) is 24.2 Å². The van der Waals surface area contributed by atoms with Gasteiger partial charge in [0, 0.05) is 19.6 Å². The monoisotopic (exact) mass is 491 g/mol. The van der Waals surface area contributed by atoms with E-state index in [4.69, 9.17) is 14.9 Å². The summed E-state index contributed by atoms with van der Waals surface area (Å²) < 4.78 is 11.0. The molecule has 3 heterocycles. The lowest BCUT2D eigenvalue weighted by atomic mass is 10.1. The third-order valence-corrected chi connectivity index (χ3v) is 5.20. The van der Waals surface area contributed by atoms with Gasteiger partial charge >= 0.3 is 0 Å². The van der Waals surface area contributed by atoms with E-state index in [0.717, 1.165) is 64.7 Å². The van der Waals surface area contributed by atoms with Crippen LogP contribution in [0.15, 0.2) is 27.8 Å². The normalized spacial score (nSPS) is 20.8. The van der Waals surface area contributed by atoms with E-state index in [1.807, 2.05) is 12.1 Å². The summed E-state index contributed by atoms with van der Waals surface area (Å²) in [5, 5.41) is 3.25. The Morgan fingerprint density at radius 3 is 2.67 bits per heavy atom. The van der Waals surface area contributed by atoms with Crippen LogP contribution in [-0.4, -0.2) is 74.8 Å². The average Bonchev–Trinajstić information content (AvgIpc) is 3.22. The Kier molecular flexibility index (Phi) is 10.5. The van der Waals surface area contributed by atoms with Gasteiger partial charge in [-0.2, -0.15) is 0 Å².